The van der Waals surface area contributed by atoms with Crippen LogP contribution in [0.5, 0.6) is 0 Å². The normalized spacial score (nSPS) is 19.0. The number of benzene rings is 1. The van der Waals surface area contributed by atoms with Crippen molar-refractivity contribution in [3.63, 3.8) is 0 Å². The number of aliphatic hydroxyl groups is 1. The molecule has 0 aliphatic carbocycles. The van der Waals surface area contributed by atoms with Gasteiger partial charge in [0.25, 0.3) is 0 Å². The van der Waals surface area contributed by atoms with E-state index in [1.54, 1.807) is 19.3 Å². The standard InChI is InChI=1S/C22H30N4O2/c1-18(27)26(15-20-13-23-17-24-14-20)21-8-5-10-25(11-9-21)16-22(28)12-19-6-3-2-4-7-19/h2-4,6-7,13-14,17,21-22,28H,5,8-12,15-16H2,1H3. The molecule has 0 radical (unpaired) electrons. The predicted molar refractivity (Wildman–Crippen MR) is 108 cm³/mol. The topological polar surface area (TPSA) is 69.6 Å². The van der Waals surface area contributed by atoms with E-state index >= 15 is 0 Å². The summed E-state index contributed by atoms with van der Waals surface area (Å²) in [5.41, 5.74) is 2.12. The smallest absolute Gasteiger partial charge is 0.219 e. The van der Waals surface area contributed by atoms with Gasteiger partial charge in [0.2, 0.25) is 5.91 Å². The van der Waals surface area contributed by atoms with E-state index in [0.29, 0.717) is 19.5 Å². The Balaban J connectivity index is 1.53. The molecule has 1 aliphatic heterocycles. The van der Waals surface area contributed by atoms with Crippen molar-refractivity contribution < 1.29 is 9.90 Å². The van der Waals surface area contributed by atoms with Crippen molar-refractivity contribution in [2.45, 2.75) is 51.3 Å². The SMILES string of the molecule is CC(=O)N(Cc1cncnc1)C1CCCN(CC(O)Cc2ccccc2)CC1. The summed E-state index contributed by atoms with van der Waals surface area (Å²) in [7, 11) is 0. The van der Waals surface area contributed by atoms with Crippen molar-refractivity contribution >= 4 is 5.91 Å². The van der Waals surface area contributed by atoms with Gasteiger partial charge >= 0.3 is 0 Å². The highest BCUT2D eigenvalue weighted by Crippen LogP contribution is 2.20. The van der Waals surface area contributed by atoms with Gasteiger partial charge in [0.1, 0.15) is 6.33 Å². The third kappa shape index (κ3) is 6.11. The van der Waals surface area contributed by atoms with Gasteiger partial charge in [0, 0.05) is 50.6 Å². The Labute approximate surface area is 167 Å². The number of β-amino-alcohol motifs (C(OH)–C–C–N with tert-alkyl or cyclic N) is 1. The Hall–Kier alpha value is -2.31. The van der Waals surface area contributed by atoms with Crippen molar-refractivity contribution in [1.29, 1.82) is 0 Å². The monoisotopic (exact) mass is 382 g/mol. The van der Waals surface area contributed by atoms with Gasteiger partial charge in [-0.1, -0.05) is 30.3 Å². The molecule has 6 nitrogen and oxygen atoms in total. The highest BCUT2D eigenvalue weighted by atomic mass is 16.3. The molecular formula is C22H30N4O2. The molecule has 1 aromatic carbocycles. The number of amides is 1. The fourth-order valence-corrected chi connectivity index (χ4v) is 3.99. The first-order chi connectivity index (χ1) is 13.6. The zero-order valence-corrected chi connectivity index (χ0v) is 16.6. The molecule has 2 unspecified atom stereocenters. The second-order valence-electron chi connectivity index (χ2n) is 7.62. The number of hydrogen-bond donors (Lipinski definition) is 1. The van der Waals surface area contributed by atoms with Gasteiger partial charge in [-0.3, -0.25) is 4.79 Å². The molecule has 1 N–H and O–H groups in total. The maximum absolute atomic E-state index is 12.3. The largest absolute Gasteiger partial charge is 0.391 e. The molecule has 0 bridgehead atoms. The number of carbonyl (C=O) groups excluding carboxylic acids is 1. The fraction of sp³-hybridized carbons (Fsp3) is 0.500. The van der Waals surface area contributed by atoms with Crippen LogP contribution in [0, 0.1) is 0 Å². The summed E-state index contributed by atoms with van der Waals surface area (Å²) >= 11 is 0. The number of nitrogens with zero attached hydrogens (tertiary/aromatic N) is 4. The van der Waals surface area contributed by atoms with Crippen molar-refractivity contribution in [3.8, 4) is 0 Å². The van der Waals surface area contributed by atoms with Crippen LogP contribution in [0.4, 0.5) is 0 Å². The quantitative estimate of drug-likeness (QED) is 0.796. The Bertz CT molecular complexity index is 726. The van der Waals surface area contributed by atoms with Crippen LogP contribution in [-0.2, 0) is 17.8 Å². The first kappa shape index (κ1) is 20.4. The van der Waals surface area contributed by atoms with Crippen molar-refractivity contribution in [1.82, 2.24) is 19.8 Å². The summed E-state index contributed by atoms with van der Waals surface area (Å²) in [4.78, 5) is 24.6. The summed E-state index contributed by atoms with van der Waals surface area (Å²) in [5.74, 6) is 0.0893. The molecule has 1 fully saturated rings. The molecule has 1 amide bonds. The minimum absolute atomic E-state index is 0.0893. The predicted octanol–water partition coefficient (Wildman–Crippen LogP) is 2.28. The van der Waals surface area contributed by atoms with Crippen LogP contribution < -0.4 is 0 Å². The lowest BCUT2D eigenvalue weighted by molar-refractivity contribution is -0.132. The molecule has 6 heteroatoms. The number of aromatic nitrogens is 2. The molecule has 1 aromatic heterocycles. The van der Waals surface area contributed by atoms with Crippen LogP contribution in [0.15, 0.2) is 49.1 Å². The van der Waals surface area contributed by atoms with Crippen LogP contribution >= 0.6 is 0 Å². The van der Waals surface area contributed by atoms with Gasteiger partial charge in [-0.2, -0.15) is 0 Å². The average Bonchev–Trinajstić information content (AvgIpc) is 2.93. The Morgan fingerprint density at radius 2 is 1.93 bits per heavy atom. The second kappa shape index (κ2) is 10.3. The number of carbonyl (C=O) groups is 1. The van der Waals surface area contributed by atoms with Crippen LogP contribution in [-0.4, -0.2) is 62.6 Å². The maximum atomic E-state index is 12.3. The minimum atomic E-state index is -0.371. The summed E-state index contributed by atoms with van der Waals surface area (Å²) in [5, 5.41) is 10.5. The molecule has 1 aliphatic rings. The van der Waals surface area contributed by atoms with Crippen molar-refractivity contribution in [2.75, 3.05) is 19.6 Å². The molecular weight excluding hydrogens is 352 g/mol. The Morgan fingerprint density at radius 1 is 1.18 bits per heavy atom. The van der Waals surface area contributed by atoms with Crippen LogP contribution in [0.25, 0.3) is 0 Å². The third-order valence-electron chi connectivity index (χ3n) is 5.39. The Morgan fingerprint density at radius 3 is 2.64 bits per heavy atom. The highest BCUT2D eigenvalue weighted by molar-refractivity contribution is 5.73. The minimum Gasteiger partial charge on any atom is -0.391 e. The lowest BCUT2D eigenvalue weighted by atomic mass is 10.1. The van der Waals surface area contributed by atoms with Gasteiger partial charge in [-0.25, -0.2) is 9.97 Å². The number of rotatable bonds is 7. The van der Waals surface area contributed by atoms with E-state index in [1.807, 2.05) is 23.1 Å². The Kier molecular flexibility index (Phi) is 7.51. The lowest BCUT2D eigenvalue weighted by Crippen LogP contribution is -2.39. The zero-order valence-electron chi connectivity index (χ0n) is 16.6. The van der Waals surface area contributed by atoms with E-state index < -0.39 is 0 Å². The van der Waals surface area contributed by atoms with Gasteiger partial charge < -0.3 is 14.9 Å². The average molecular weight is 383 g/mol. The highest BCUT2D eigenvalue weighted by Gasteiger charge is 2.25. The van der Waals surface area contributed by atoms with E-state index in [2.05, 4.69) is 27.0 Å². The molecule has 3 rings (SSSR count). The van der Waals surface area contributed by atoms with Crippen molar-refractivity contribution in [2.24, 2.45) is 0 Å². The number of likely N-dealkylation sites (tertiary alicyclic amines) is 1. The van der Waals surface area contributed by atoms with Gasteiger partial charge in [0.15, 0.2) is 0 Å². The first-order valence-corrected chi connectivity index (χ1v) is 10.1. The van der Waals surface area contributed by atoms with E-state index in [4.69, 9.17) is 0 Å². The van der Waals surface area contributed by atoms with E-state index in [-0.39, 0.29) is 18.1 Å². The molecule has 0 spiro atoms. The van der Waals surface area contributed by atoms with Gasteiger partial charge in [-0.05, 0) is 37.8 Å². The zero-order chi connectivity index (χ0) is 19.8. The molecule has 2 atom stereocenters. The molecule has 150 valence electrons. The summed E-state index contributed by atoms with van der Waals surface area (Å²) in [6, 6.07) is 10.3. The molecule has 28 heavy (non-hydrogen) atoms. The third-order valence-corrected chi connectivity index (χ3v) is 5.39. The molecule has 1 saturated heterocycles. The van der Waals surface area contributed by atoms with Gasteiger partial charge in [0.05, 0.1) is 6.10 Å². The fourth-order valence-electron chi connectivity index (χ4n) is 3.99. The summed E-state index contributed by atoms with van der Waals surface area (Å²) in [6.45, 7) is 4.72. The summed E-state index contributed by atoms with van der Waals surface area (Å²) < 4.78 is 0. The summed E-state index contributed by atoms with van der Waals surface area (Å²) in [6.07, 6.45) is 8.28. The molecule has 0 saturated carbocycles. The molecule has 2 aromatic rings. The van der Waals surface area contributed by atoms with E-state index in [9.17, 15) is 9.90 Å². The first-order valence-electron chi connectivity index (χ1n) is 10.1. The van der Waals surface area contributed by atoms with Crippen LogP contribution in [0.2, 0.25) is 0 Å². The van der Waals surface area contributed by atoms with Crippen LogP contribution in [0.1, 0.15) is 37.3 Å². The molecule has 2 heterocycles. The van der Waals surface area contributed by atoms with E-state index in [0.717, 1.165) is 43.5 Å². The van der Waals surface area contributed by atoms with E-state index in [1.165, 1.54) is 6.33 Å². The van der Waals surface area contributed by atoms with Gasteiger partial charge in [-0.15, -0.1) is 0 Å². The van der Waals surface area contributed by atoms with Crippen LogP contribution in [0.3, 0.4) is 0 Å². The number of hydrogen-bond acceptors (Lipinski definition) is 5. The number of aliphatic hydroxyl groups excluding tert-OH is 1. The second-order valence-corrected chi connectivity index (χ2v) is 7.62. The maximum Gasteiger partial charge on any atom is 0.219 e. The van der Waals surface area contributed by atoms with Crippen molar-refractivity contribution in [3.05, 3.63) is 60.2 Å². The lowest BCUT2D eigenvalue weighted by Gasteiger charge is -2.30.